The number of carbonyl (C=O) groups is 3. The lowest BCUT2D eigenvalue weighted by Crippen LogP contribution is -2.46. The molecule has 2 aliphatic rings. The van der Waals surface area contributed by atoms with Crippen LogP contribution in [0.3, 0.4) is 0 Å². The lowest BCUT2D eigenvalue weighted by Gasteiger charge is -2.28. The molecule has 2 saturated heterocycles. The number of benzene rings is 1. The first-order chi connectivity index (χ1) is 11.6. The molecule has 0 aliphatic carbocycles. The van der Waals surface area contributed by atoms with E-state index in [1.54, 1.807) is 17.0 Å². The van der Waals surface area contributed by atoms with Gasteiger partial charge in [-0.25, -0.2) is 4.39 Å². The van der Waals surface area contributed by atoms with Gasteiger partial charge in [-0.05, 0) is 23.9 Å². The Labute approximate surface area is 142 Å². The Morgan fingerprint density at radius 1 is 1.25 bits per heavy atom. The highest BCUT2D eigenvalue weighted by molar-refractivity contribution is 8.18. The number of thioether (sulfide) groups is 1. The third kappa shape index (κ3) is 3.49. The van der Waals surface area contributed by atoms with Gasteiger partial charge in [-0.2, -0.15) is 0 Å². The average molecular weight is 350 g/mol. The number of rotatable bonds is 3. The monoisotopic (exact) mass is 350 g/mol. The second-order valence-corrected chi connectivity index (χ2v) is 6.28. The van der Waals surface area contributed by atoms with Crippen LogP contribution < -0.4 is 0 Å². The van der Waals surface area contributed by atoms with E-state index in [9.17, 15) is 18.8 Å². The van der Waals surface area contributed by atoms with E-state index in [0.29, 0.717) is 38.1 Å². The summed E-state index contributed by atoms with van der Waals surface area (Å²) in [5.74, 6) is -1.35. The minimum atomic E-state index is -0.574. The molecule has 126 valence electrons. The van der Waals surface area contributed by atoms with Crippen LogP contribution >= 0.6 is 11.8 Å². The zero-order chi connectivity index (χ0) is 17.1. The zero-order valence-electron chi connectivity index (χ0n) is 12.7. The van der Waals surface area contributed by atoms with Crippen LogP contribution in [0.5, 0.6) is 0 Å². The number of carbonyl (C=O) groups excluding carboxylic acids is 3. The summed E-state index contributed by atoms with van der Waals surface area (Å²) in [5, 5.41) is -0.524. The van der Waals surface area contributed by atoms with Crippen LogP contribution in [-0.2, 0) is 14.3 Å². The van der Waals surface area contributed by atoms with Gasteiger partial charge >= 0.3 is 0 Å². The molecule has 24 heavy (non-hydrogen) atoms. The molecule has 0 saturated carbocycles. The van der Waals surface area contributed by atoms with Gasteiger partial charge in [0, 0.05) is 18.7 Å². The Morgan fingerprint density at radius 3 is 2.67 bits per heavy atom. The van der Waals surface area contributed by atoms with E-state index in [1.165, 1.54) is 18.2 Å². The third-order valence-corrected chi connectivity index (χ3v) is 4.63. The van der Waals surface area contributed by atoms with Crippen molar-refractivity contribution in [1.29, 1.82) is 0 Å². The van der Waals surface area contributed by atoms with Gasteiger partial charge in [0.05, 0.1) is 18.1 Å². The van der Waals surface area contributed by atoms with Crippen LogP contribution in [-0.4, -0.2) is 59.7 Å². The third-order valence-electron chi connectivity index (χ3n) is 3.72. The molecule has 0 aromatic heterocycles. The number of ether oxygens (including phenoxy) is 1. The standard InChI is InChI=1S/C16H15FN2O4S/c17-12-4-2-1-3-11(12)9-13-15(21)19(16(22)24-13)10-14(20)18-5-7-23-8-6-18/h1-4,9H,5-8,10H2. The van der Waals surface area contributed by atoms with Crippen LogP contribution in [0.15, 0.2) is 29.2 Å². The zero-order valence-corrected chi connectivity index (χ0v) is 13.6. The number of hydrogen-bond donors (Lipinski definition) is 0. The number of halogens is 1. The summed E-state index contributed by atoms with van der Waals surface area (Å²) in [5.41, 5.74) is 0.225. The number of nitrogens with zero attached hydrogens (tertiary/aromatic N) is 2. The maximum absolute atomic E-state index is 13.7. The summed E-state index contributed by atoms with van der Waals surface area (Å²) in [6, 6.07) is 5.97. The molecule has 3 rings (SSSR count). The van der Waals surface area contributed by atoms with Gasteiger partial charge in [0.15, 0.2) is 0 Å². The van der Waals surface area contributed by atoms with Gasteiger partial charge in [0.25, 0.3) is 11.1 Å². The highest BCUT2D eigenvalue weighted by Gasteiger charge is 2.37. The summed E-state index contributed by atoms with van der Waals surface area (Å²) < 4.78 is 18.8. The number of amides is 3. The summed E-state index contributed by atoms with van der Waals surface area (Å²) >= 11 is 0.710. The van der Waals surface area contributed by atoms with Crippen molar-refractivity contribution in [2.75, 3.05) is 32.8 Å². The minimum absolute atomic E-state index is 0.111. The first kappa shape index (κ1) is 16.7. The maximum atomic E-state index is 13.7. The largest absolute Gasteiger partial charge is 0.378 e. The van der Waals surface area contributed by atoms with Gasteiger partial charge in [0.2, 0.25) is 5.91 Å². The van der Waals surface area contributed by atoms with Crippen molar-refractivity contribution in [1.82, 2.24) is 9.80 Å². The molecule has 6 nitrogen and oxygen atoms in total. The molecule has 2 heterocycles. The van der Waals surface area contributed by atoms with Crippen LogP contribution in [0.1, 0.15) is 5.56 Å². The summed E-state index contributed by atoms with van der Waals surface area (Å²) in [7, 11) is 0. The first-order valence-electron chi connectivity index (χ1n) is 7.41. The molecule has 0 unspecified atom stereocenters. The van der Waals surface area contributed by atoms with Crippen molar-refractivity contribution in [3.05, 3.63) is 40.6 Å². The normalized spacial score (nSPS) is 20.1. The lowest BCUT2D eigenvalue weighted by molar-refractivity contribution is -0.139. The van der Waals surface area contributed by atoms with E-state index in [0.717, 1.165) is 4.90 Å². The molecule has 8 heteroatoms. The van der Waals surface area contributed by atoms with E-state index in [2.05, 4.69) is 0 Å². The quantitative estimate of drug-likeness (QED) is 0.777. The Hall–Kier alpha value is -2.19. The number of imide groups is 1. The minimum Gasteiger partial charge on any atom is -0.378 e. The second kappa shape index (κ2) is 7.14. The van der Waals surface area contributed by atoms with Gasteiger partial charge in [0.1, 0.15) is 12.4 Å². The molecule has 3 amide bonds. The van der Waals surface area contributed by atoms with Crippen LogP contribution in [0.25, 0.3) is 6.08 Å². The average Bonchev–Trinajstić information content (AvgIpc) is 2.85. The van der Waals surface area contributed by atoms with Crippen molar-refractivity contribution in [2.24, 2.45) is 0 Å². The molecule has 2 fully saturated rings. The lowest BCUT2D eigenvalue weighted by atomic mass is 10.2. The van der Waals surface area contributed by atoms with Crippen molar-refractivity contribution in [3.63, 3.8) is 0 Å². The van der Waals surface area contributed by atoms with Gasteiger partial charge < -0.3 is 9.64 Å². The molecular formula is C16H15FN2O4S. The fourth-order valence-corrected chi connectivity index (χ4v) is 3.25. The maximum Gasteiger partial charge on any atom is 0.294 e. The van der Waals surface area contributed by atoms with Crippen LogP contribution in [0, 0.1) is 5.82 Å². The van der Waals surface area contributed by atoms with E-state index in [1.807, 2.05) is 0 Å². The molecule has 0 bridgehead atoms. The Morgan fingerprint density at radius 2 is 1.96 bits per heavy atom. The molecule has 0 radical (unpaired) electrons. The first-order valence-corrected chi connectivity index (χ1v) is 8.23. The van der Waals surface area contributed by atoms with Gasteiger partial charge in [-0.3, -0.25) is 19.3 Å². The molecule has 0 N–H and O–H groups in total. The molecule has 0 atom stereocenters. The Kier molecular flexibility index (Phi) is 4.96. The van der Waals surface area contributed by atoms with Crippen molar-refractivity contribution in [2.45, 2.75) is 0 Å². The number of morpholine rings is 1. The second-order valence-electron chi connectivity index (χ2n) is 5.28. The van der Waals surface area contributed by atoms with E-state index < -0.39 is 17.0 Å². The Bertz CT molecular complexity index is 716. The predicted octanol–water partition coefficient (Wildman–Crippen LogP) is 1.72. The van der Waals surface area contributed by atoms with E-state index in [4.69, 9.17) is 4.74 Å². The molecule has 1 aromatic rings. The summed E-state index contributed by atoms with van der Waals surface area (Å²) in [4.78, 5) is 39.1. The number of hydrogen-bond acceptors (Lipinski definition) is 5. The predicted molar refractivity (Wildman–Crippen MR) is 86.5 cm³/mol. The topological polar surface area (TPSA) is 66.9 Å². The fourth-order valence-electron chi connectivity index (χ4n) is 2.42. The van der Waals surface area contributed by atoms with Crippen LogP contribution in [0.4, 0.5) is 9.18 Å². The van der Waals surface area contributed by atoms with Crippen molar-refractivity contribution >= 4 is 34.9 Å². The van der Waals surface area contributed by atoms with E-state index >= 15 is 0 Å². The highest BCUT2D eigenvalue weighted by Crippen LogP contribution is 2.32. The van der Waals surface area contributed by atoms with E-state index in [-0.39, 0.29) is 22.9 Å². The van der Waals surface area contributed by atoms with Crippen LogP contribution in [0.2, 0.25) is 0 Å². The summed E-state index contributed by atoms with van der Waals surface area (Å²) in [6.07, 6.45) is 1.33. The highest BCUT2D eigenvalue weighted by atomic mass is 32.2. The SMILES string of the molecule is O=C(CN1C(=O)SC(=Cc2ccccc2F)C1=O)N1CCOCC1. The van der Waals surface area contributed by atoms with Gasteiger partial charge in [-0.1, -0.05) is 18.2 Å². The molecule has 2 aliphatic heterocycles. The Balaban J connectivity index is 1.72. The molecular weight excluding hydrogens is 335 g/mol. The molecule has 0 spiro atoms. The van der Waals surface area contributed by atoms with Gasteiger partial charge in [-0.15, -0.1) is 0 Å². The fraction of sp³-hybridized carbons (Fsp3) is 0.312. The van der Waals surface area contributed by atoms with Crippen molar-refractivity contribution < 1.29 is 23.5 Å². The molecule has 1 aromatic carbocycles. The van der Waals surface area contributed by atoms with Crippen molar-refractivity contribution in [3.8, 4) is 0 Å². The smallest absolute Gasteiger partial charge is 0.294 e. The summed E-state index contributed by atoms with van der Waals surface area (Å²) in [6.45, 7) is 1.47.